The Bertz CT molecular complexity index is 559. The van der Waals surface area contributed by atoms with Gasteiger partial charge in [0.25, 0.3) is 0 Å². The fourth-order valence-electron chi connectivity index (χ4n) is 3.50. The van der Waals surface area contributed by atoms with Crippen LogP contribution in [0.2, 0.25) is 0 Å². The maximum Gasteiger partial charge on any atom is 0.0302 e. The quantitative estimate of drug-likeness (QED) is 0.883. The Kier molecular flexibility index (Phi) is 3.37. The van der Waals surface area contributed by atoms with E-state index in [0.717, 1.165) is 18.5 Å². The van der Waals surface area contributed by atoms with Crippen LogP contribution in [-0.2, 0) is 19.4 Å². The van der Waals surface area contributed by atoms with Crippen molar-refractivity contribution in [1.82, 2.24) is 5.32 Å². The van der Waals surface area contributed by atoms with Crippen molar-refractivity contribution in [2.24, 2.45) is 0 Å². The van der Waals surface area contributed by atoms with Gasteiger partial charge < -0.3 is 5.32 Å². The van der Waals surface area contributed by atoms with Crippen molar-refractivity contribution in [2.45, 2.75) is 50.6 Å². The highest BCUT2D eigenvalue weighted by molar-refractivity contribution is 7.12. The zero-order chi connectivity index (χ0) is 13.4. The molecule has 20 heavy (non-hydrogen) atoms. The van der Waals surface area contributed by atoms with Crippen LogP contribution in [0.1, 0.15) is 46.1 Å². The van der Waals surface area contributed by atoms with Gasteiger partial charge in [0.05, 0.1) is 0 Å². The van der Waals surface area contributed by atoms with Gasteiger partial charge in [-0.05, 0) is 55.2 Å². The molecule has 1 aromatic carbocycles. The molecule has 1 aromatic heterocycles. The lowest BCUT2D eigenvalue weighted by molar-refractivity contribution is 0.290. The lowest BCUT2D eigenvalue weighted by atomic mass is 9.76. The Morgan fingerprint density at radius 3 is 2.75 bits per heavy atom. The number of aryl methyl sites for hydroxylation is 2. The minimum Gasteiger partial charge on any atom is -0.309 e. The van der Waals surface area contributed by atoms with Gasteiger partial charge in [-0.1, -0.05) is 30.3 Å². The third-order valence-corrected chi connectivity index (χ3v) is 6.01. The molecule has 0 atom stereocenters. The third kappa shape index (κ3) is 2.43. The van der Waals surface area contributed by atoms with E-state index in [1.54, 1.807) is 10.4 Å². The Hall–Kier alpha value is -1.12. The van der Waals surface area contributed by atoms with Gasteiger partial charge in [-0.3, -0.25) is 0 Å². The molecule has 0 unspecified atom stereocenters. The summed E-state index contributed by atoms with van der Waals surface area (Å²) in [5, 5.41) is 3.73. The topological polar surface area (TPSA) is 12.0 Å². The van der Waals surface area contributed by atoms with Crippen LogP contribution in [-0.4, -0.2) is 6.04 Å². The Morgan fingerprint density at radius 2 is 1.95 bits per heavy atom. The van der Waals surface area contributed by atoms with Crippen molar-refractivity contribution in [2.75, 3.05) is 0 Å². The molecule has 0 radical (unpaired) electrons. The van der Waals surface area contributed by atoms with E-state index < -0.39 is 0 Å². The molecule has 2 aliphatic carbocycles. The molecular formula is C18H21NS. The molecule has 2 heteroatoms. The number of hydrogen-bond acceptors (Lipinski definition) is 2. The molecule has 2 aromatic rings. The highest BCUT2D eigenvalue weighted by atomic mass is 32.1. The van der Waals surface area contributed by atoms with Crippen molar-refractivity contribution in [3.05, 3.63) is 57.3 Å². The molecule has 1 saturated carbocycles. The van der Waals surface area contributed by atoms with Crippen LogP contribution in [0.3, 0.4) is 0 Å². The second-order valence-electron chi connectivity index (χ2n) is 6.17. The molecule has 1 fully saturated rings. The van der Waals surface area contributed by atoms with Crippen molar-refractivity contribution in [1.29, 1.82) is 0 Å². The summed E-state index contributed by atoms with van der Waals surface area (Å²) in [6.45, 7) is 1.07. The van der Waals surface area contributed by atoms with Crippen LogP contribution < -0.4 is 5.32 Å². The zero-order valence-electron chi connectivity index (χ0n) is 11.8. The van der Waals surface area contributed by atoms with E-state index in [2.05, 4.69) is 41.7 Å². The van der Waals surface area contributed by atoms with Crippen molar-refractivity contribution < 1.29 is 0 Å². The Balaban J connectivity index is 1.28. The maximum absolute atomic E-state index is 3.73. The van der Waals surface area contributed by atoms with Crippen LogP contribution in [0.5, 0.6) is 0 Å². The van der Waals surface area contributed by atoms with E-state index in [1.807, 2.05) is 11.3 Å². The summed E-state index contributed by atoms with van der Waals surface area (Å²) in [4.78, 5) is 3.19. The Labute approximate surface area is 125 Å². The molecule has 0 aliphatic heterocycles. The number of rotatable bonds is 4. The molecule has 0 bridgehead atoms. The number of hydrogen-bond donors (Lipinski definition) is 1. The molecule has 104 valence electrons. The summed E-state index contributed by atoms with van der Waals surface area (Å²) in [6.07, 6.45) is 6.60. The molecule has 4 rings (SSSR count). The van der Waals surface area contributed by atoms with Gasteiger partial charge in [-0.15, -0.1) is 11.3 Å². The SMILES string of the molecule is c1ccc(C2CC(NCc3cc4c(s3)CCC4)C2)cc1. The predicted molar refractivity (Wildman–Crippen MR) is 85.4 cm³/mol. The Morgan fingerprint density at radius 1 is 1.10 bits per heavy atom. The molecule has 0 saturated heterocycles. The van der Waals surface area contributed by atoms with E-state index in [4.69, 9.17) is 0 Å². The standard InChI is InChI=1S/C18H21NS/c1-2-5-13(6-3-1)15-9-16(10-15)19-12-17-11-14-7-4-8-18(14)20-17/h1-3,5-6,11,15-16,19H,4,7-10,12H2. The first kappa shape index (κ1) is 12.6. The van der Waals surface area contributed by atoms with E-state index in [9.17, 15) is 0 Å². The van der Waals surface area contributed by atoms with Gasteiger partial charge in [0.15, 0.2) is 0 Å². The van der Waals surface area contributed by atoms with Gasteiger partial charge in [-0.2, -0.15) is 0 Å². The fraction of sp³-hybridized carbons (Fsp3) is 0.444. The van der Waals surface area contributed by atoms with Crippen molar-refractivity contribution >= 4 is 11.3 Å². The molecule has 2 aliphatic rings. The summed E-state index contributed by atoms with van der Waals surface area (Å²) >= 11 is 2.03. The van der Waals surface area contributed by atoms with Crippen LogP contribution in [0.4, 0.5) is 0 Å². The average molecular weight is 283 g/mol. The van der Waals surface area contributed by atoms with E-state index in [-0.39, 0.29) is 0 Å². The highest BCUT2D eigenvalue weighted by Gasteiger charge is 2.29. The summed E-state index contributed by atoms with van der Waals surface area (Å²) in [7, 11) is 0. The van der Waals surface area contributed by atoms with Crippen molar-refractivity contribution in [3.63, 3.8) is 0 Å². The number of nitrogens with one attached hydrogen (secondary N) is 1. The number of thiophene rings is 1. The summed E-state index contributed by atoms with van der Waals surface area (Å²) in [5.41, 5.74) is 3.14. The summed E-state index contributed by atoms with van der Waals surface area (Å²) < 4.78 is 0. The smallest absolute Gasteiger partial charge is 0.0302 e. The first-order valence-corrected chi connectivity index (χ1v) is 8.59. The summed E-state index contributed by atoms with van der Waals surface area (Å²) in [5.74, 6) is 0.780. The van der Waals surface area contributed by atoms with E-state index in [1.165, 1.54) is 42.5 Å². The van der Waals surface area contributed by atoms with E-state index in [0.29, 0.717) is 0 Å². The van der Waals surface area contributed by atoms with Crippen LogP contribution >= 0.6 is 11.3 Å². The van der Waals surface area contributed by atoms with Gasteiger partial charge >= 0.3 is 0 Å². The first-order chi connectivity index (χ1) is 9.88. The van der Waals surface area contributed by atoms with E-state index >= 15 is 0 Å². The van der Waals surface area contributed by atoms with Crippen molar-refractivity contribution in [3.8, 4) is 0 Å². The van der Waals surface area contributed by atoms with Gasteiger partial charge in [0.2, 0.25) is 0 Å². The van der Waals surface area contributed by atoms with Gasteiger partial charge in [0.1, 0.15) is 0 Å². The normalized spacial score (nSPS) is 24.4. The molecule has 1 nitrogen and oxygen atoms in total. The minimum atomic E-state index is 0.720. The third-order valence-electron chi connectivity index (χ3n) is 4.77. The van der Waals surface area contributed by atoms with Gasteiger partial charge in [0, 0.05) is 22.3 Å². The summed E-state index contributed by atoms with van der Waals surface area (Å²) in [6, 6.07) is 14.1. The van der Waals surface area contributed by atoms with Gasteiger partial charge in [-0.25, -0.2) is 0 Å². The number of fused-ring (bicyclic) bond motifs is 1. The second-order valence-corrected chi connectivity index (χ2v) is 7.39. The molecule has 1 heterocycles. The largest absolute Gasteiger partial charge is 0.309 e. The van der Waals surface area contributed by atoms with Crippen LogP contribution in [0.15, 0.2) is 36.4 Å². The minimum absolute atomic E-state index is 0.720. The fourth-order valence-corrected chi connectivity index (χ4v) is 4.72. The molecule has 0 amide bonds. The lowest BCUT2D eigenvalue weighted by Gasteiger charge is -2.36. The van der Waals surface area contributed by atoms with Crippen LogP contribution in [0.25, 0.3) is 0 Å². The molecule has 0 spiro atoms. The number of benzene rings is 1. The lowest BCUT2D eigenvalue weighted by Crippen LogP contribution is -2.39. The second kappa shape index (κ2) is 5.34. The first-order valence-electron chi connectivity index (χ1n) is 7.77. The monoisotopic (exact) mass is 283 g/mol. The molecular weight excluding hydrogens is 262 g/mol. The average Bonchev–Trinajstić information content (AvgIpc) is 2.99. The zero-order valence-corrected chi connectivity index (χ0v) is 12.6. The highest BCUT2D eigenvalue weighted by Crippen LogP contribution is 2.37. The predicted octanol–water partition coefficient (Wildman–Crippen LogP) is 4.27. The van der Waals surface area contributed by atoms with Crippen LogP contribution in [0, 0.1) is 0 Å². The molecule has 1 N–H and O–H groups in total. The maximum atomic E-state index is 3.73.